The summed E-state index contributed by atoms with van der Waals surface area (Å²) in [5.74, 6) is 0.103. The number of hydrogen-bond acceptors (Lipinski definition) is 5. The van der Waals surface area contributed by atoms with Gasteiger partial charge < -0.3 is 14.7 Å². The highest BCUT2D eigenvalue weighted by Crippen LogP contribution is 2.42. The third kappa shape index (κ3) is 3.45. The first-order chi connectivity index (χ1) is 11.5. The molecule has 2 fully saturated rings. The van der Waals surface area contributed by atoms with Gasteiger partial charge in [0, 0.05) is 26.4 Å². The molecule has 0 aromatic carbocycles. The predicted octanol–water partition coefficient (Wildman–Crippen LogP) is 1.04. The third-order valence-corrected chi connectivity index (χ3v) is 5.45. The molecule has 6 nitrogen and oxygen atoms in total. The van der Waals surface area contributed by atoms with Gasteiger partial charge in [-0.25, -0.2) is 0 Å². The van der Waals surface area contributed by atoms with Crippen molar-refractivity contribution in [1.82, 2.24) is 14.8 Å². The van der Waals surface area contributed by atoms with Crippen LogP contribution in [0.2, 0.25) is 0 Å². The van der Waals surface area contributed by atoms with Crippen molar-refractivity contribution in [1.29, 1.82) is 0 Å². The molecule has 3 rings (SSSR count). The zero-order valence-electron chi connectivity index (χ0n) is 14.5. The maximum atomic E-state index is 12.8. The number of likely N-dealkylation sites (N-methyl/N-ethyl adjacent to an activating group) is 1. The standard InChI is InChI=1S/C18H27N3O3/c1-20(12-14-5-3-4-9-19-14)13-17(23)21-10-8-18(24-2)7-6-15(22)11-16(18)21/h3-5,9,15-16,22H,6-8,10-13H2,1-2H3/t15-,16-,18+/m0/s1. The molecule has 1 amide bonds. The molecule has 1 saturated heterocycles. The van der Waals surface area contributed by atoms with Crippen molar-refractivity contribution in [3.8, 4) is 0 Å². The molecule has 1 aromatic rings. The zero-order valence-corrected chi connectivity index (χ0v) is 14.5. The van der Waals surface area contributed by atoms with Gasteiger partial charge in [0.25, 0.3) is 0 Å². The number of pyridine rings is 1. The van der Waals surface area contributed by atoms with Gasteiger partial charge in [-0.1, -0.05) is 6.07 Å². The fraction of sp³-hybridized carbons (Fsp3) is 0.667. The van der Waals surface area contributed by atoms with Crippen molar-refractivity contribution in [2.45, 2.75) is 50.0 Å². The van der Waals surface area contributed by atoms with E-state index < -0.39 is 0 Å². The van der Waals surface area contributed by atoms with Crippen molar-refractivity contribution in [3.05, 3.63) is 30.1 Å². The van der Waals surface area contributed by atoms with Crippen LogP contribution in [0, 0.1) is 0 Å². The van der Waals surface area contributed by atoms with Gasteiger partial charge in [-0.2, -0.15) is 0 Å². The molecule has 1 aromatic heterocycles. The number of methoxy groups -OCH3 is 1. The largest absolute Gasteiger partial charge is 0.393 e. The molecule has 0 bridgehead atoms. The van der Waals surface area contributed by atoms with Gasteiger partial charge in [-0.3, -0.25) is 14.7 Å². The van der Waals surface area contributed by atoms with Crippen LogP contribution in [0.5, 0.6) is 0 Å². The van der Waals surface area contributed by atoms with Gasteiger partial charge in [0.2, 0.25) is 5.91 Å². The molecule has 0 spiro atoms. The van der Waals surface area contributed by atoms with Crippen LogP contribution in [-0.4, -0.2) is 70.8 Å². The van der Waals surface area contributed by atoms with Crippen molar-refractivity contribution in [2.24, 2.45) is 0 Å². The SMILES string of the molecule is CO[C@@]12CC[C@H](O)C[C@@H]1N(C(=O)CN(C)Cc1ccccn1)CC2. The molecule has 1 aliphatic heterocycles. The maximum Gasteiger partial charge on any atom is 0.237 e. The lowest BCUT2D eigenvalue weighted by Gasteiger charge is -2.42. The fourth-order valence-corrected chi connectivity index (χ4v) is 4.12. The normalized spacial score (nSPS) is 29.8. The second kappa shape index (κ2) is 7.17. The number of aliphatic hydroxyl groups is 1. The number of nitrogens with zero attached hydrogens (tertiary/aromatic N) is 3. The number of ether oxygens (including phenoxy) is 1. The fourth-order valence-electron chi connectivity index (χ4n) is 4.12. The summed E-state index contributed by atoms with van der Waals surface area (Å²) in [6, 6.07) is 5.79. The van der Waals surface area contributed by atoms with Gasteiger partial charge in [0.05, 0.1) is 30.0 Å². The van der Waals surface area contributed by atoms with Crippen LogP contribution in [0.3, 0.4) is 0 Å². The van der Waals surface area contributed by atoms with E-state index in [1.54, 1.807) is 13.3 Å². The Balaban J connectivity index is 1.62. The first-order valence-corrected chi connectivity index (χ1v) is 8.65. The number of fused-ring (bicyclic) bond motifs is 1. The zero-order chi connectivity index (χ0) is 17.2. The number of carbonyl (C=O) groups excluding carboxylic acids is 1. The molecular formula is C18H27N3O3. The summed E-state index contributed by atoms with van der Waals surface area (Å²) in [5, 5.41) is 10.0. The Labute approximate surface area is 143 Å². The molecule has 1 N–H and O–H groups in total. The number of aliphatic hydroxyl groups excluding tert-OH is 1. The average Bonchev–Trinajstić information content (AvgIpc) is 2.95. The number of likely N-dealkylation sites (tertiary alicyclic amines) is 1. The highest BCUT2D eigenvalue weighted by molar-refractivity contribution is 5.79. The number of hydrogen-bond donors (Lipinski definition) is 1. The highest BCUT2D eigenvalue weighted by atomic mass is 16.5. The second-order valence-corrected chi connectivity index (χ2v) is 7.04. The summed E-state index contributed by atoms with van der Waals surface area (Å²) in [6.45, 7) is 1.70. The molecule has 6 heteroatoms. The molecule has 0 radical (unpaired) electrons. The van der Waals surface area contributed by atoms with Crippen molar-refractivity contribution >= 4 is 5.91 Å². The van der Waals surface area contributed by atoms with Gasteiger partial charge in [-0.05, 0) is 44.9 Å². The van der Waals surface area contributed by atoms with Crippen LogP contribution in [0.15, 0.2) is 24.4 Å². The Morgan fingerprint density at radius 3 is 3.04 bits per heavy atom. The summed E-state index contributed by atoms with van der Waals surface area (Å²) < 4.78 is 5.80. The van der Waals surface area contributed by atoms with Gasteiger partial charge in [0.15, 0.2) is 0 Å². The average molecular weight is 333 g/mol. The van der Waals surface area contributed by atoms with E-state index in [1.165, 1.54) is 0 Å². The van der Waals surface area contributed by atoms with Crippen LogP contribution >= 0.6 is 0 Å². The lowest BCUT2D eigenvalue weighted by Crippen LogP contribution is -2.54. The van der Waals surface area contributed by atoms with Crippen LogP contribution < -0.4 is 0 Å². The highest BCUT2D eigenvalue weighted by Gasteiger charge is 2.52. The summed E-state index contributed by atoms with van der Waals surface area (Å²) in [6.07, 6.45) is 4.48. The summed E-state index contributed by atoms with van der Waals surface area (Å²) in [7, 11) is 3.66. The van der Waals surface area contributed by atoms with Crippen molar-refractivity contribution in [3.63, 3.8) is 0 Å². The van der Waals surface area contributed by atoms with Crippen LogP contribution in [-0.2, 0) is 16.1 Å². The Hall–Kier alpha value is -1.50. The minimum Gasteiger partial charge on any atom is -0.393 e. The lowest BCUT2D eigenvalue weighted by atomic mass is 9.79. The Bertz CT molecular complexity index is 568. The van der Waals surface area contributed by atoms with E-state index in [9.17, 15) is 9.90 Å². The number of carbonyl (C=O) groups is 1. The summed E-state index contributed by atoms with van der Waals surface area (Å²) >= 11 is 0. The van der Waals surface area contributed by atoms with E-state index in [2.05, 4.69) is 4.98 Å². The molecule has 132 valence electrons. The van der Waals surface area contributed by atoms with Gasteiger partial charge >= 0.3 is 0 Å². The molecule has 0 unspecified atom stereocenters. The molecule has 24 heavy (non-hydrogen) atoms. The Kier molecular flexibility index (Phi) is 5.18. The first kappa shape index (κ1) is 17.3. The summed E-state index contributed by atoms with van der Waals surface area (Å²) in [5.41, 5.74) is 0.683. The maximum absolute atomic E-state index is 12.8. The van der Waals surface area contributed by atoms with Crippen LogP contribution in [0.25, 0.3) is 0 Å². The van der Waals surface area contributed by atoms with Gasteiger partial charge in [-0.15, -0.1) is 0 Å². The van der Waals surface area contributed by atoms with E-state index in [4.69, 9.17) is 4.74 Å². The minimum atomic E-state index is -0.335. The number of aromatic nitrogens is 1. The number of amides is 1. The molecule has 1 saturated carbocycles. The Morgan fingerprint density at radius 1 is 1.50 bits per heavy atom. The van der Waals surface area contributed by atoms with E-state index >= 15 is 0 Å². The van der Waals surface area contributed by atoms with Crippen LogP contribution in [0.1, 0.15) is 31.4 Å². The van der Waals surface area contributed by atoms with Crippen LogP contribution in [0.4, 0.5) is 0 Å². The minimum absolute atomic E-state index is 0.0120. The smallest absolute Gasteiger partial charge is 0.237 e. The third-order valence-electron chi connectivity index (χ3n) is 5.45. The topological polar surface area (TPSA) is 65.9 Å². The Morgan fingerprint density at radius 2 is 2.33 bits per heavy atom. The molecule has 2 heterocycles. The lowest BCUT2D eigenvalue weighted by molar-refractivity contribution is -0.140. The quantitative estimate of drug-likeness (QED) is 0.872. The van der Waals surface area contributed by atoms with E-state index in [-0.39, 0.29) is 23.7 Å². The van der Waals surface area contributed by atoms with E-state index in [1.807, 2.05) is 35.0 Å². The molecule has 2 aliphatic rings. The van der Waals surface area contributed by atoms with E-state index in [0.717, 1.165) is 25.0 Å². The van der Waals surface area contributed by atoms with Crippen molar-refractivity contribution < 1.29 is 14.6 Å². The summed E-state index contributed by atoms with van der Waals surface area (Å²) in [4.78, 5) is 21.0. The van der Waals surface area contributed by atoms with E-state index in [0.29, 0.717) is 26.1 Å². The second-order valence-electron chi connectivity index (χ2n) is 7.04. The molecule has 3 atom stereocenters. The molecule has 1 aliphatic carbocycles. The van der Waals surface area contributed by atoms with Gasteiger partial charge in [0.1, 0.15) is 0 Å². The first-order valence-electron chi connectivity index (χ1n) is 8.65. The van der Waals surface area contributed by atoms with Crippen molar-refractivity contribution in [2.75, 3.05) is 27.2 Å². The predicted molar refractivity (Wildman–Crippen MR) is 90.3 cm³/mol. The number of rotatable bonds is 5. The molecular weight excluding hydrogens is 306 g/mol. The monoisotopic (exact) mass is 333 g/mol.